The molecule has 0 N–H and O–H groups in total. The predicted molar refractivity (Wildman–Crippen MR) is 141 cm³/mol. The van der Waals surface area contributed by atoms with Crippen LogP contribution in [0.3, 0.4) is 0 Å². The van der Waals surface area contributed by atoms with Crippen molar-refractivity contribution < 1.29 is 14.4 Å². The molecule has 0 unspecified atom stereocenters. The maximum atomic E-state index is 13.3. The zero-order chi connectivity index (χ0) is 24.5. The van der Waals surface area contributed by atoms with E-state index in [0.29, 0.717) is 10.6 Å². The number of anilines is 1. The van der Waals surface area contributed by atoms with Gasteiger partial charge in [0.15, 0.2) is 0 Å². The summed E-state index contributed by atoms with van der Waals surface area (Å²) < 4.78 is 2.02. The van der Waals surface area contributed by atoms with Gasteiger partial charge >= 0.3 is 0 Å². The Morgan fingerprint density at radius 1 is 1.09 bits per heavy atom. The number of aryl methyl sites for hydroxylation is 1. The Kier molecular flexibility index (Phi) is 6.52. The Labute approximate surface area is 209 Å². The molecule has 35 heavy (non-hydrogen) atoms. The normalized spacial score (nSPS) is 19.8. The number of carbonyl (C=O) groups is 3. The van der Waals surface area contributed by atoms with Crippen LogP contribution in [0.1, 0.15) is 44.2 Å². The van der Waals surface area contributed by atoms with Crippen LogP contribution in [-0.2, 0) is 22.6 Å². The lowest BCUT2D eigenvalue weighted by Gasteiger charge is -2.33. The minimum atomic E-state index is -0.322. The largest absolute Gasteiger partial charge is 0.338 e. The summed E-state index contributed by atoms with van der Waals surface area (Å²) in [6.45, 7) is 5.29. The van der Waals surface area contributed by atoms with Crippen LogP contribution in [0.15, 0.2) is 59.6 Å². The molecule has 0 radical (unpaired) electrons. The number of amides is 3. The summed E-state index contributed by atoms with van der Waals surface area (Å²) in [4.78, 5) is 42.7. The van der Waals surface area contributed by atoms with Gasteiger partial charge < -0.3 is 9.47 Å². The molecule has 1 atom stereocenters. The first-order valence-corrected chi connectivity index (χ1v) is 13.0. The van der Waals surface area contributed by atoms with Gasteiger partial charge in [-0.15, -0.1) is 0 Å². The van der Waals surface area contributed by atoms with Crippen molar-refractivity contribution in [1.82, 2.24) is 9.47 Å². The zero-order valence-electron chi connectivity index (χ0n) is 20.1. The third-order valence-corrected chi connectivity index (χ3v) is 7.79. The smallest absolute Gasteiger partial charge is 0.298 e. The van der Waals surface area contributed by atoms with Crippen LogP contribution in [0.2, 0.25) is 0 Å². The van der Waals surface area contributed by atoms with Crippen molar-refractivity contribution in [2.24, 2.45) is 0 Å². The Morgan fingerprint density at radius 3 is 2.63 bits per heavy atom. The van der Waals surface area contributed by atoms with Crippen molar-refractivity contribution >= 4 is 51.5 Å². The van der Waals surface area contributed by atoms with Gasteiger partial charge in [0.25, 0.3) is 11.1 Å². The highest BCUT2D eigenvalue weighted by molar-refractivity contribution is 8.19. The Balaban J connectivity index is 1.52. The lowest BCUT2D eigenvalue weighted by Crippen LogP contribution is -2.43. The zero-order valence-corrected chi connectivity index (χ0v) is 20.9. The van der Waals surface area contributed by atoms with E-state index in [4.69, 9.17) is 0 Å². The number of hydrogen-bond acceptors (Lipinski definition) is 4. The van der Waals surface area contributed by atoms with Crippen LogP contribution in [-0.4, -0.2) is 39.1 Å². The lowest BCUT2D eigenvalue weighted by atomic mass is 10.0. The predicted octanol–water partition coefficient (Wildman–Crippen LogP) is 5.85. The van der Waals surface area contributed by atoms with Crippen molar-refractivity contribution in [3.63, 3.8) is 0 Å². The molecular formula is C28H29N3O3S. The lowest BCUT2D eigenvalue weighted by molar-refractivity contribution is -0.135. The van der Waals surface area contributed by atoms with Gasteiger partial charge in [-0.1, -0.05) is 43.3 Å². The Bertz CT molecular complexity index is 1330. The van der Waals surface area contributed by atoms with E-state index in [1.165, 1.54) is 11.3 Å². The van der Waals surface area contributed by atoms with Gasteiger partial charge in [0.1, 0.15) is 6.54 Å². The second-order valence-electron chi connectivity index (χ2n) is 9.16. The van der Waals surface area contributed by atoms with Crippen LogP contribution in [0, 0.1) is 0 Å². The summed E-state index contributed by atoms with van der Waals surface area (Å²) >= 11 is 0.950. The van der Waals surface area contributed by atoms with Gasteiger partial charge in [-0.25, -0.2) is 4.90 Å². The molecule has 0 bridgehead atoms. The first-order valence-electron chi connectivity index (χ1n) is 12.2. The van der Waals surface area contributed by atoms with E-state index in [9.17, 15) is 14.4 Å². The van der Waals surface area contributed by atoms with Gasteiger partial charge in [-0.05, 0) is 68.1 Å². The topological polar surface area (TPSA) is 62.6 Å². The molecule has 0 saturated carbocycles. The molecule has 5 rings (SSSR count). The molecule has 1 aromatic heterocycles. The van der Waals surface area contributed by atoms with Crippen LogP contribution in [0.5, 0.6) is 0 Å². The number of rotatable bonds is 5. The summed E-state index contributed by atoms with van der Waals surface area (Å²) in [6, 6.07) is 15.3. The number of hydrogen-bond donors (Lipinski definition) is 0. The number of likely N-dealkylation sites (tertiary alicyclic amines) is 1. The highest BCUT2D eigenvalue weighted by Gasteiger charge is 2.36. The van der Waals surface area contributed by atoms with Crippen molar-refractivity contribution in [1.29, 1.82) is 0 Å². The van der Waals surface area contributed by atoms with Crippen molar-refractivity contribution in [2.75, 3.05) is 11.4 Å². The van der Waals surface area contributed by atoms with Gasteiger partial charge in [-0.2, -0.15) is 0 Å². The average Bonchev–Trinajstić information content (AvgIpc) is 3.35. The monoisotopic (exact) mass is 487 g/mol. The number of imide groups is 1. The third kappa shape index (κ3) is 4.41. The number of para-hydroxylation sites is 2. The Morgan fingerprint density at radius 2 is 1.89 bits per heavy atom. The standard InChI is InChI=1S/C28H29N3O3S/c1-3-20-11-9-14-23-21(16-24-27(33)31(28(34)35-24)22-12-5-4-6-13-22)17-29(26(20)23)18-25(32)30-15-8-7-10-19(30)2/h4-6,9,11-14,16-17,19H,3,7-8,10,15,18H2,1-2H3/b24-16-/t19-/m1/s1. The molecule has 2 saturated heterocycles. The second kappa shape index (κ2) is 9.74. The molecule has 2 aliphatic rings. The van der Waals surface area contributed by atoms with Gasteiger partial charge in [0, 0.05) is 29.7 Å². The highest BCUT2D eigenvalue weighted by Crippen LogP contribution is 2.37. The number of nitrogens with zero attached hydrogens (tertiary/aromatic N) is 3. The van der Waals surface area contributed by atoms with Crippen molar-refractivity contribution in [3.8, 4) is 0 Å². The van der Waals surface area contributed by atoms with Gasteiger partial charge in [0.2, 0.25) is 5.91 Å². The molecule has 0 spiro atoms. The molecular weight excluding hydrogens is 458 g/mol. The number of benzene rings is 2. The van der Waals surface area contributed by atoms with E-state index in [-0.39, 0.29) is 29.6 Å². The molecule has 3 amide bonds. The molecule has 2 fully saturated rings. The van der Waals surface area contributed by atoms with E-state index in [2.05, 4.69) is 19.9 Å². The van der Waals surface area contributed by atoms with E-state index < -0.39 is 0 Å². The van der Waals surface area contributed by atoms with Gasteiger partial charge in [-0.3, -0.25) is 14.4 Å². The number of fused-ring (bicyclic) bond motifs is 1. The minimum absolute atomic E-state index is 0.121. The maximum Gasteiger partial charge on any atom is 0.298 e. The summed E-state index contributed by atoms with van der Waals surface area (Å²) in [6.07, 6.45) is 7.83. The quantitative estimate of drug-likeness (QED) is 0.424. The molecule has 6 nitrogen and oxygen atoms in total. The highest BCUT2D eigenvalue weighted by atomic mass is 32.2. The fourth-order valence-corrected chi connectivity index (χ4v) is 5.94. The van der Waals surface area contributed by atoms with Crippen molar-refractivity contribution in [2.45, 2.75) is 52.1 Å². The van der Waals surface area contributed by atoms with E-state index in [1.54, 1.807) is 18.2 Å². The van der Waals surface area contributed by atoms with E-state index in [0.717, 1.165) is 59.6 Å². The fraction of sp³-hybridized carbons (Fsp3) is 0.321. The molecule has 0 aliphatic carbocycles. The molecule has 2 aromatic carbocycles. The SMILES string of the molecule is CCc1cccc2c(/C=C3\SC(=O)N(c4ccccc4)C3=O)cn(CC(=O)N3CCCC[C@H]3C)c12. The number of piperidine rings is 1. The van der Waals surface area contributed by atoms with Gasteiger partial charge in [0.05, 0.1) is 16.1 Å². The first kappa shape index (κ1) is 23.4. The molecule has 7 heteroatoms. The molecule has 2 aliphatic heterocycles. The van der Waals surface area contributed by atoms with Crippen LogP contribution in [0.4, 0.5) is 10.5 Å². The summed E-state index contributed by atoms with van der Waals surface area (Å²) in [7, 11) is 0. The van der Waals surface area contributed by atoms with Crippen LogP contribution >= 0.6 is 11.8 Å². The summed E-state index contributed by atoms with van der Waals surface area (Å²) in [5, 5.41) is 0.676. The Hall–Kier alpha value is -3.32. The number of carbonyl (C=O) groups excluding carboxylic acids is 3. The molecule has 3 heterocycles. The fourth-order valence-electron chi connectivity index (χ4n) is 5.10. The third-order valence-electron chi connectivity index (χ3n) is 6.92. The second-order valence-corrected chi connectivity index (χ2v) is 10.2. The maximum absolute atomic E-state index is 13.3. The van der Waals surface area contributed by atoms with Crippen LogP contribution in [0.25, 0.3) is 17.0 Å². The number of aromatic nitrogens is 1. The van der Waals surface area contributed by atoms with E-state index >= 15 is 0 Å². The number of thioether (sulfide) groups is 1. The molecule has 180 valence electrons. The molecule has 3 aromatic rings. The minimum Gasteiger partial charge on any atom is -0.338 e. The van der Waals surface area contributed by atoms with Crippen molar-refractivity contribution in [3.05, 3.63) is 70.8 Å². The average molecular weight is 488 g/mol. The first-order chi connectivity index (χ1) is 17.0. The van der Waals surface area contributed by atoms with Crippen LogP contribution < -0.4 is 4.90 Å². The van der Waals surface area contributed by atoms with E-state index in [1.807, 2.05) is 46.0 Å². The summed E-state index contributed by atoms with van der Waals surface area (Å²) in [5.74, 6) is -0.201. The summed E-state index contributed by atoms with van der Waals surface area (Å²) in [5.41, 5.74) is 3.57.